The van der Waals surface area contributed by atoms with Crippen LogP contribution in [0.1, 0.15) is 36.3 Å². The molecule has 2 aromatic heterocycles. The van der Waals surface area contributed by atoms with Gasteiger partial charge in [-0.15, -0.1) is 21.5 Å². The lowest BCUT2D eigenvalue weighted by atomic mass is 9.97. The van der Waals surface area contributed by atoms with Gasteiger partial charge in [0.15, 0.2) is 6.29 Å². The Hall–Kier alpha value is -1.49. The molecule has 2 aromatic rings. The fourth-order valence-electron chi connectivity index (χ4n) is 1.16. The van der Waals surface area contributed by atoms with Crippen molar-refractivity contribution in [2.24, 2.45) is 0 Å². The maximum Gasteiger partial charge on any atom is 0.257 e. The minimum atomic E-state index is -0.157. The van der Waals surface area contributed by atoms with Crippen molar-refractivity contribution in [1.82, 2.24) is 10.2 Å². The van der Waals surface area contributed by atoms with Crippen molar-refractivity contribution in [3.05, 3.63) is 22.9 Å². The molecule has 0 atom stereocenters. The fraction of sp³-hybridized carbons (Fsp3) is 0.364. The Morgan fingerprint density at radius 2 is 2.06 bits per heavy atom. The third-order valence-electron chi connectivity index (χ3n) is 2.02. The van der Waals surface area contributed by atoms with E-state index in [-0.39, 0.29) is 5.41 Å². The molecule has 0 spiro atoms. The van der Waals surface area contributed by atoms with Crippen LogP contribution in [0.2, 0.25) is 0 Å². The van der Waals surface area contributed by atoms with E-state index in [0.717, 1.165) is 11.2 Å². The van der Waals surface area contributed by atoms with Crippen LogP contribution in [0.25, 0.3) is 10.8 Å². The molecule has 5 heteroatoms. The van der Waals surface area contributed by atoms with E-state index in [2.05, 4.69) is 10.2 Å². The van der Waals surface area contributed by atoms with Gasteiger partial charge in [0.25, 0.3) is 5.89 Å². The molecule has 84 valence electrons. The van der Waals surface area contributed by atoms with Crippen molar-refractivity contribution in [3.8, 4) is 10.8 Å². The van der Waals surface area contributed by atoms with E-state index >= 15 is 0 Å². The standard InChI is InChI=1S/C11H12N2O2S/c1-11(2,3)10-13-12-9(15-10)8-5-4-7(6-14)16-8/h4-6H,1-3H3. The Morgan fingerprint density at radius 1 is 1.31 bits per heavy atom. The van der Waals surface area contributed by atoms with Crippen LogP contribution in [0, 0.1) is 0 Å². The zero-order valence-electron chi connectivity index (χ0n) is 9.35. The van der Waals surface area contributed by atoms with Crippen LogP contribution in [-0.2, 0) is 5.41 Å². The van der Waals surface area contributed by atoms with Crippen molar-refractivity contribution in [2.75, 3.05) is 0 Å². The highest BCUT2D eigenvalue weighted by molar-refractivity contribution is 7.16. The number of thiophene rings is 1. The number of hydrogen-bond acceptors (Lipinski definition) is 5. The second kappa shape index (κ2) is 3.83. The molecule has 0 fully saturated rings. The molecule has 0 radical (unpaired) electrons. The highest BCUT2D eigenvalue weighted by Crippen LogP contribution is 2.29. The molecule has 0 bridgehead atoms. The largest absolute Gasteiger partial charge is 0.419 e. The van der Waals surface area contributed by atoms with E-state index in [9.17, 15) is 4.79 Å². The highest BCUT2D eigenvalue weighted by atomic mass is 32.1. The first kappa shape index (κ1) is 11.0. The number of hydrogen-bond donors (Lipinski definition) is 0. The number of carbonyl (C=O) groups excluding carboxylic acids is 1. The van der Waals surface area contributed by atoms with Crippen molar-refractivity contribution >= 4 is 17.6 Å². The van der Waals surface area contributed by atoms with Gasteiger partial charge in [0.2, 0.25) is 5.89 Å². The smallest absolute Gasteiger partial charge is 0.257 e. The summed E-state index contributed by atoms with van der Waals surface area (Å²) in [5, 5.41) is 7.98. The van der Waals surface area contributed by atoms with Crippen molar-refractivity contribution in [1.29, 1.82) is 0 Å². The lowest BCUT2D eigenvalue weighted by Gasteiger charge is -2.10. The quantitative estimate of drug-likeness (QED) is 0.752. The summed E-state index contributed by atoms with van der Waals surface area (Å²) in [4.78, 5) is 12.0. The summed E-state index contributed by atoms with van der Waals surface area (Å²) >= 11 is 1.35. The van der Waals surface area contributed by atoms with Gasteiger partial charge in [-0.25, -0.2) is 0 Å². The van der Waals surface area contributed by atoms with Crippen molar-refractivity contribution < 1.29 is 9.21 Å². The van der Waals surface area contributed by atoms with Gasteiger partial charge >= 0.3 is 0 Å². The summed E-state index contributed by atoms with van der Waals surface area (Å²) < 4.78 is 5.56. The van der Waals surface area contributed by atoms with E-state index in [1.165, 1.54) is 11.3 Å². The predicted octanol–water partition coefficient (Wildman–Crippen LogP) is 2.91. The van der Waals surface area contributed by atoms with Crippen LogP contribution in [0.15, 0.2) is 16.5 Å². The van der Waals surface area contributed by atoms with Gasteiger partial charge in [-0.05, 0) is 12.1 Å². The molecule has 0 N–H and O–H groups in total. The summed E-state index contributed by atoms with van der Waals surface area (Å²) in [5.74, 6) is 1.08. The molecule has 0 saturated heterocycles. The maximum atomic E-state index is 10.6. The Labute approximate surface area is 97.3 Å². The number of carbonyl (C=O) groups is 1. The van der Waals surface area contributed by atoms with Gasteiger partial charge < -0.3 is 4.42 Å². The van der Waals surface area contributed by atoms with Gasteiger partial charge in [-0.2, -0.15) is 0 Å². The number of aromatic nitrogens is 2. The Kier molecular flexibility index (Phi) is 2.63. The van der Waals surface area contributed by atoms with E-state index in [1.54, 1.807) is 6.07 Å². The van der Waals surface area contributed by atoms with Gasteiger partial charge in [-0.1, -0.05) is 20.8 Å². The second-order valence-electron chi connectivity index (χ2n) is 4.48. The second-order valence-corrected chi connectivity index (χ2v) is 5.60. The maximum absolute atomic E-state index is 10.6. The number of aldehydes is 1. The first-order valence-corrected chi connectivity index (χ1v) is 5.72. The van der Waals surface area contributed by atoms with Crippen LogP contribution in [-0.4, -0.2) is 16.5 Å². The summed E-state index contributed by atoms with van der Waals surface area (Å²) in [6.45, 7) is 6.03. The average Bonchev–Trinajstić information content (AvgIpc) is 2.85. The lowest BCUT2D eigenvalue weighted by molar-refractivity contribution is 0.112. The van der Waals surface area contributed by atoms with E-state index in [4.69, 9.17) is 4.42 Å². The van der Waals surface area contributed by atoms with Crippen LogP contribution in [0.3, 0.4) is 0 Å². The molecular formula is C11H12N2O2S. The third kappa shape index (κ3) is 2.04. The first-order valence-electron chi connectivity index (χ1n) is 4.90. The summed E-state index contributed by atoms with van der Waals surface area (Å²) in [7, 11) is 0. The SMILES string of the molecule is CC(C)(C)c1nnc(-c2ccc(C=O)s2)o1. The minimum Gasteiger partial charge on any atom is -0.419 e. The van der Waals surface area contributed by atoms with Crippen molar-refractivity contribution in [2.45, 2.75) is 26.2 Å². The molecule has 0 saturated carbocycles. The zero-order chi connectivity index (χ0) is 11.8. The number of nitrogens with zero attached hydrogens (tertiary/aromatic N) is 2. The van der Waals surface area contributed by atoms with Crippen LogP contribution in [0.4, 0.5) is 0 Å². The first-order chi connectivity index (χ1) is 7.50. The molecule has 16 heavy (non-hydrogen) atoms. The Bertz CT molecular complexity index is 508. The molecule has 0 aliphatic carbocycles. The van der Waals surface area contributed by atoms with Gasteiger partial charge in [-0.3, -0.25) is 4.79 Å². The van der Waals surface area contributed by atoms with E-state index in [1.807, 2.05) is 26.8 Å². The molecule has 2 heterocycles. The van der Waals surface area contributed by atoms with Crippen molar-refractivity contribution in [3.63, 3.8) is 0 Å². The minimum absolute atomic E-state index is 0.157. The summed E-state index contributed by atoms with van der Waals surface area (Å²) in [6.07, 6.45) is 0.815. The molecular weight excluding hydrogens is 224 g/mol. The fourth-order valence-corrected chi connectivity index (χ4v) is 1.90. The van der Waals surface area contributed by atoms with Crippen LogP contribution in [0.5, 0.6) is 0 Å². The Balaban J connectivity index is 2.35. The summed E-state index contributed by atoms with van der Waals surface area (Å²) in [5.41, 5.74) is -0.157. The normalized spacial score (nSPS) is 11.7. The molecule has 0 aliphatic rings. The van der Waals surface area contributed by atoms with E-state index < -0.39 is 0 Å². The van der Waals surface area contributed by atoms with E-state index in [0.29, 0.717) is 16.7 Å². The van der Waals surface area contributed by atoms with Gasteiger partial charge in [0.1, 0.15) is 0 Å². The molecule has 0 aliphatic heterocycles. The average molecular weight is 236 g/mol. The third-order valence-corrected chi connectivity index (χ3v) is 3.02. The highest BCUT2D eigenvalue weighted by Gasteiger charge is 2.22. The van der Waals surface area contributed by atoms with Crippen LogP contribution < -0.4 is 0 Å². The molecule has 2 rings (SSSR count). The van der Waals surface area contributed by atoms with Gasteiger partial charge in [0, 0.05) is 5.41 Å². The van der Waals surface area contributed by atoms with Crippen LogP contribution >= 0.6 is 11.3 Å². The topological polar surface area (TPSA) is 56.0 Å². The molecule has 0 unspecified atom stereocenters. The zero-order valence-corrected chi connectivity index (χ0v) is 10.2. The number of rotatable bonds is 2. The predicted molar refractivity (Wildman–Crippen MR) is 61.7 cm³/mol. The van der Waals surface area contributed by atoms with Gasteiger partial charge in [0.05, 0.1) is 9.75 Å². The lowest BCUT2D eigenvalue weighted by Crippen LogP contribution is -2.11. The Morgan fingerprint density at radius 3 is 2.56 bits per heavy atom. The molecule has 4 nitrogen and oxygen atoms in total. The molecule has 0 aromatic carbocycles. The molecule has 0 amide bonds. The monoisotopic (exact) mass is 236 g/mol. The summed E-state index contributed by atoms with van der Waals surface area (Å²) in [6, 6.07) is 3.56.